The minimum Gasteiger partial charge on any atom is -0.506 e. The number of rotatable bonds is 6. The van der Waals surface area contributed by atoms with Crippen molar-refractivity contribution in [3.63, 3.8) is 0 Å². The summed E-state index contributed by atoms with van der Waals surface area (Å²) in [6, 6.07) is 4.39. The van der Waals surface area contributed by atoms with E-state index in [1.807, 2.05) is 6.92 Å². The maximum absolute atomic E-state index is 13.0. The second-order valence-corrected chi connectivity index (χ2v) is 9.68. The van der Waals surface area contributed by atoms with E-state index in [9.17, 15) is 30.3 Å². The van der Waals surface area contributed by atoms with Crippen LogP contribution < -0.4 is 10.6 Å². The highest BCUT2D eigenvalue weighted by molar-refractivity contribution is 5.74. The van der Waals surface area contributed by atoms with Gasteiger partial charge in [-0.05, 0) is 62.9 Å². The summed E-state index contributed by atoms with van der Waals surface area (Å²) in [7, 11) is 0. The van der Waals surface area contributed by atoms with Gasteiger partial charge in [-0.1, -0.05) is 13.0 Å². The lowest BCUT2D eigenvalue weighted by molar-refractivity contribution is -0.174. The zero-order valence-corrected chi connectivity index (χ0v) is 22.4. The van der Waals surface area contributed by atoms with Gasteiger partial charge in [0.1, 0.15) is 17.7 Å². The Hall–Kier alpha value is -2.97. The minimum absolute atomic E-state index is 0.0829. The summed E-state index contributed by atoms with van der Waals surface area (Å²) in [5.41, 5.74) is 1.20. The van der Waals surface area contributed by atoms with Gasteiger partial charge in [-0.3, -0.25) is 25.4 Å². The third kappa shape index (κ3) is 7.79. The Morgan fingerprint density at radius 2 is 1.90 bits per heavy atom. The molecule has 214 valence electrons. The fourth-order valence-electron chi connectivity index (χ4n) is 4.30. The summed E-state index contributed by atoms with van der Waals surface area (Å²) in [4.78, 5) is 21.1. The third-order valence-corrected chi connectivity index (χ3v) is 6.86. The second-order valence-electron chi connectivity index (χ2n) is 9.68. The van der Waals surface area contributed by atoms with E-state index in [0.29, 0.717) is 12.0 Å². The molecule has 1 saturated heterocycles. The van der Waals surface area contributed by atoms with Gasteiger partial charge in [0.25, 0.3) is 0 Å². The first-order chi connectivity index (χ1) is 18.5. The van der Waals surface area contributed by atoms with Gasteiger partial charge in [0, 0.05) is 24.6 Å². The standard InChI is InChI=1S/C27H38N4O8/c1-5-14(2)23-27(37)38-16(4)20(31-25(35)21-19(32)9-7-11-29-21)24(34)30-18(12-17-8-6-10-28-13-17)22(33)15(3)26(36)39-23/h6-11,13,15-16,18,20,22,24-25,27,30-35,37H,5,12H2,1-4H3/t15-,16-,18+,20+,22+,24+,25-,27-/m1/s1. The van der Waals surface area contributed by atoms with Crippen molar-refractivity contribution in [3.05, 3.63) is 65.4 Å². The normalized spacial score (nSPS) is 31.0. The Morgan fingerprint density at radius 1 is 1.18 bits per heavy atom. The van der Waals surface area contributed by atoms with E-state index in [1.54, 1.807) is 38.4 Å². The lowest BCUT2D eigenvalue weighted by atomic mass is 9.92. The van der Waals surface area contributed by atoms with Gasteiger partial charge in [-0.15, -0.1) is 0 Å². The molecule has 2 aromatic rings. The molecular formula is C27H38N4O8. The summed E-state index contributed by atoms with van der Waals surface area (Å²) in [5, 5.41) is 60.2. The van der Waals surface area contributed by atoms with Crippen LogP contribution in [-0.2, 0) is 20.7 Å². The molecule has 1 fully saturated rings. The number of hydrogen-bond acceptors (Lipinski definition) is 12. The van der Waals surface area contributed by atoms with Crippen LogP contribution in [0.25, 0.3) is 0 Å². The number of ether oxygens (including phenoxy) is 2. The Balaban J connectivity index is 2.01. The van der Waals surface area contributed by atoms with Gasteiger partial charge in [0.15, 0.2) is 12.0 Å². The first-order valence-corrected chi connectivity index (χ1v) is 12.9. The number of allylic oxidation sites excluding steroid dienone is 1. The maximum Gasteiger partial charge on any atom is 0.316 e. The molecule has 7 N–H and O–H groups in total. The van der Waals surface area contributed by atoms with Gasteiger partial charge in [0.2, 0.25) is 6.29 Å². The molecule has 0 spiro atoms. The van der Waals surface area contributed by atoms with Gasteiger partial charge in [-0.2, -0.15) is 0 Å². The Kier molecular flexibility index (Phi) is 10.9. The molecule has 0 saturated carbocycles. The average Bonchev–Trinajstić information content (AvgIpc) is 2.92. The predicted molar refractivity (Wildman–Crippen MR) is 139 cm³/mol. The zero-order valence-electron chi connectivity index (χ0n) is 22.4. The zero-order chi connectivity index (χ0) is 28.7. The molecule has 0 unspecified atom stereocenters. The van der Waals surface area contributed by atoms with E-state index in [0.717, 1.165) is 5.56 Å². The summed E-state index contributed by atoms with van der Waals surface area (Å²) >= 11 is 0. The molecule has 3 rings (SSSR count). The van der Waals surface area contributed by atoms with Crippen LogP contribution in [0.15, 0.2) is 54.2 Å². The monoisotopic (exact) mass is 546 g/mol. The van der Waals surface area contributed by atoms with Crippen molar-refractivity contribution >= 4 is 5.97 Å². The fourth-order valence-corrected chi connectivity index (χ4v) is 4.30. The number of aliphatic hydroxyl groups excluding tert-OH is 4. The van der Waals surface area contributed by atoms with Gasteiger partial charge in [-0.25, -0.2) is 0 Å². The van der Waals surface area contributed by atoms with Crippen LogP contribution in [-0.4, -0.2) is 78.3 Å². The molecule has 1 aliphatic heterocycles. The van der Waals surface area contributed by atoms with Crippen LogP contribution in [0, 0.1) is 5.92 Å². The van der Waals surface area contributed by atoms with Crippen LogP contribution >= 0.6 is 0 Å². The molecule has 0 amide bonds. The topological polar surface area (TPSA) is 187 Å². The number of nitrogens with zero attached hydrogens (tertiary/aromatic N) is 2. The summed E-state index contributed by atoms with van der Waals surface area (Å²) in [6.45, 7) is 6.52. The van der Waals surface area contributed by atoms with Crippen molar-refractivity contribution in [1.82, 2.24) is 20.6 Å². The Labute approximate surface area is 227 Å². The van der Waals surface area contributed by atoms with E-state index in [2.05, 4.69) is 20.6 Å². The van der Waals surface area contributed by atoms with E-state index in [1.165, 1.54) is 25.3 Å². The molecule has 39 heavy (non-hydrogen) atoms. The Bertz CT molecular complexity index is 1120. The molecule has 12 nitrogen and oxygen atoms in total. The number of carbonyl (C=O) groups excluding carboxylic acids is 1. The highest BCUT2D eigenvalue weighted by atomic mass is 16.6. The summed E-state index contributed by atoms with van der Waals surface area (Å²) in [5.74, 6) is -2.21. The molecule has 0 radical (unpaired) electrons. The summed E-state index contributed by atoms with van der Waals surface area (Å²) < 4.78 is 11.3. The first-order valence-electron chi connectivity index (χ1n) is 12.9. The molecule has 1 aliphatic rings. The number of aromatic nitrogens is 2. The van der Waals surface area contributed by atoms with Crippen LogP contribution in [0.4, 0.5) is 0 Å². The molecule has 8 atom stereocenters. The number of esters is 1. The van der Waals surface area contributed by atoms with Crippen LogP contribution in [0.1, 0.15) is 51.6 Å². The van der Waals surface area contributed by atoms with Crippen molar-refractivity contribution in [1.29, 1.82) is 0 Å². The van der Waals surface area contributed by atoms with E-state index >= 15 is 0 Å². The maximum atomic E-state index is 13.0. The number of cyclic esters (lactones) is 1. The highest BCUT2D eigenvalue weighted by Crippen LogP contribution is 2.25. The molecular weight excluding hydrogens is 508 g/mol. The number of nitrogens with one attached hydrogen (secondary N) is 2. The first kappa shape index (κ1) is 30.6. The molecule has 2 aromatic heterocycles. The second kappa shape index (κ2) is 13.9. The molecule has 12 heteroatoms. The van der Waals surface area contributed by atoms with Crippen molar-refractivity contribution in [3.8, 4) is 5.75 Å². The van der Waals surface area contributed by atoms with Crippen LogP contribution in [0.3, 0.4) is 0 Å². The number of aromatic hydroxyl groups is 1. The third-order valence-electron chi connectivity index (χ3n) is 6.86. The van der Waals surface area contributed by atoms with Crippen molar-refractivity contribution in [2.24, 2.45) is 5.92 Å². The van der Waals surface area contributed by atoms with Crippen molar-refractivity contribution < 1.29 is 39.8 Å². The van der Waals surface area contributed by atoms with Crippen molar-refractivity contribution in [2.45, 2.75) is 83.6 Å². The van der Waals surface area contributed by atoms with Crippen LogP contribution in [0.2, 0.25) is 0 Å². The predicted octanol–water partition coefficient (Wildman–Crippen LogP) is 0.612. The minimum atomic E-state index is -1.68. The van der Waals surface area contributed by atoms with Gasteiger partial charge in [0.05, 0.1) is 24.2 Å². The fraction of sp³-hybridized carbons (Fsp3) is 0.519. The number of pyridine rings is 2. The number of carbonyl (C=O) groups is 1. The average molecular weight is 547 g/mol. The molecule has 0 aromatic carbocycles. The quantitative estimate of drug-likeness (QED) is 0.198. The van der Waals surface area contributed by atoms with Crippen LogP contribution in [0.5, 0.6) is 5.75 Å². The van der Waals surface area contributed by atoms with Crippen molar-refractivity contribution in [2.75, 3.05) is 0 Å². The number of hydrogen-bond donors (Lipinski definition) is 7. The van der Waals surface area contributed by atoms with E-state index in [4.69, 9.17) is 9.47 Å². The molecule has 0 bridgehead atoms. The number of aliphatic hydroxyl groups is 4. The lowest BCUT2D eigenvalue weighted by Gasteiger charge is -2.37. The SMILES string of the molecule is CCC(C)=C1OC(=O)[C@H](C)[C@H](O)[C@H](Cc2cccnc2)N[C@@H](O)[C@@H](N[C@H](O)c2ncccc2O)[C@@H](C)O[C@H]1O. The Morgan fingerprint density at radius 3 is 2.54 bits per heavy atom. The van der Waals surface area contributed by atoms with E-state index in [-0.39, 0.29) is 23.6 Å². The largest absolute Gasteiger partial charge is 0.506 e. The van der Waals surface area contributed by atoms with E-state index < -0.39 is 54.9 Å². The van der Waals surface area contributed by atoms with Gasteiger partial charge < -0.3 is 35.0 Å². The smallest absolute Gasteiger partial charge is 0.316 e. The van der Waals surface area contributed by atoms with Gasteiger partial charge >= 0.3 is 5.97 Å². The lowest BCUT2D eigenvalue weighted by Crippen LogP contribution is -2.61. The molecule has 0 aliphatic carbocycles. The highest BCUT2D eigenvalue weighted by Gasteiger charge is 2.39. The molecule has 3 heterocycles. The summed E-state index contributed by atoms with van der Waals surface area (Å²) in [6.07, 6.45) is -1.79.